The van der Waals surface area contributed by atoms with E-state index in [2.05, 4.69) is 10.2 Å². The molecule has 0 aromatic heterocycles. The first-order valence-corrected chi connectivity index (χ1v) is 8.91. The van der Waals surface area contributed by atoms with Crippen molar-refractivity contribution in [1.82, 2.24) is 15.1 Å². The molecular weight excluding hydrogens is 294 g/mol. The lowest BCUT2D eigenvalue weighted by atomic mass is 9.97. The largest absolute Gasteiger partial charge is 0.368 e. The molecule has 0 aromatic carbocycles. The number of methoxy groups -OCH3 is 1. The van der Waals surface area contributed by atoms with Gasteiger partial charge in [-0.25, -0.2) is 0 Å². The van der Waals surface area contributed by atoms with Crippen molar-refractivity contribution >= 4 is 11.8 Å². The number of hydrogen-bond acceptors (Lipinski definition) is 4. The number of carbonyl (C=O) groups is 2. The van der Waals surface area contributed by atoms with Crippen LogP contribution < -0.4 is 5.32 Å². The fraction of sp³-hybridized carbons (Fsp3) is 0.882. The van der Waals surface area contributed by atoms with Crippen molar-refractivity contribution in [3.05, 3.63) is 0 Å². The van der Waals surface area contributed by atoms with Crippen LogP contribution in [-0.4, -0.2) is 73.1 Å². The van der Waals surface area contributed by atoms with Gasteiger partial charge in [0.15, 0.2) is 0 Å². The average molecular weight is 323 g/mol. The van der Waals surface area contributed by atoms with Gasteiger partial charge in [-0.3, -0.25) is 14.5 Å². The smallest absolute Gasteiger partial charge is 0.252 e. The molecule has 23 heavy (non-hydrogen) atoms. The van der Waals surface area contributed by atoms with Gasteiger partial charge in [-0.05, 0) is 44.9 Å². The van der Waals surface area contributed by atoms with Crippen molar-refractivity contribution in [2.75, 3.05) is 33.8 Å². The molecular formula is C17H29N3O3. The zero-order valence-corrected chi connectivity index (χ0v) is 14.3. The maximum Gasteiger partial charge on any atom is 0.252 e. The van der Waals surface area contributed by atoms with Gasteiger partial charge in [0.1, 0.15) is 5.60 Å². The molecule has 1 aliphatic carbocycles. The number of rotatable bonds is 4. The number of amides is 2. The maximum atomic E-state index is 12.6. The number of nitrogens with one attached hydrogen (secondary N) is 1. The highest BCUT2D eigenvalue weighted by atomic mass is 16.5. The van der Waals surface area contributed by atoms with Crippen molar-refractivity contribution in [2.45, 2.75) is 62.6 Å². The number of nitrogens with zero attached hydrogens (tertiary/aromatic N) is 2. The first kappa shape index (κ1) is 16.7. The zero-order valence-electron chi connectivity index (χ0n) is 14.3. The summed E-state index contributed by atoms with van der Waals surface area (Å²) in [5, 5.41) is 3.20. The zero-order chi connectivity index (χ0) is 16.4. The van der Waals surface area contributed by atoms with Crippen LogP contribution in [-0.2, 0) is 14.3 Å². The van der Waals surface area contributed by atoms with E-state index in [0.717, 1.165) is 64.6 Å². The van der Waals surface area contributed by atoms with Gasteiger partial charge in [0, 0.05) is 39.8 Å². The minimum atomic E-state index is -0.596. The summed E-state index contributed by atoms with van der Waals surface area (Å²) in [6, 6.07) is 0.261. The second-order valence-electron chi connectivity index (χ2n) is 7.25. The highest BCUT2D eigenvalue weighted by Crippen LogP contribution is 2.33. The summed E-state index contributed by atoms with van der Waals surface area (Å²) in [7, 11) is 3.52. The molecule has 0 radical (unpaired) electrons. The first-order chi connectivity index (χ1) is 11.1. The Labute approximate surface area is 138 Å². The lowest BCUT2D eigenvalue weighted by molar-refractivity contribution is -0.144. The maximum absolute atomic E-state index is 12.6. The number of piperidine rings is 1. The number of hydrogen-bond donors (Lipinski definition) is 1. The molecule has 6 nitrogen and oxygen atoms in total. The Morgan fingerprint density at radius 3 is 2.35 bits per heavy atom. The third-order valence-electron chi connectivity index (χ3n) is 5.92. The van der Waals surface area contributed by atoms with Crippen LogP contribution in [0.2, 0.25) is 0 Å². The summed E-state index contributed by atoms with van der Waals surface area (Å²) in [4.78, 5) is 28.8. The molecule has 6 heteroatoms. The third-order valence-corrected chi connectivity index (χ3v) is 5.92. The Hall–Kier alpha value is -1.14. The molecule has 130 valence electrons. The summed E-state index contributed by atoms with van der Waals surface area (Å²) in [5.41, 5.74) is -0.596. The Bertz CT molecular complexity index is 454. The summed E-state index contributed by atoms with van der Waals surface area (Å²) >= 11 is 0. The van der Waals surface area contributed by atoms with Gasteiger partial charge in [0.05, 0.1) is 6.04 Å². The molecule has 0 spiro atoms. The number of ether oxygens (including phenoxy) is 1. The van der Waals surface area contributed by atoms with Gasteiger partial charge < -0.3 is 15.0 Å². The topological polar surface area (TPSA) is 61.9 Å². The predicted molar refractivity (Wildman–Crippen MR) is 87.0 cm³/mol. The van der Waals surface area contributed by atoms with Gasteiger partial charge in [0.2, 0.25) is 5.91 Å². The molecule has 3 fully saturated rings. The van der Waals surface area contributed by atoms with Crippen LogP contribution in [0, 0.1) is 0 Å². The normalized spacial score (nSPS) is 29.2. The van der Waals surface area contributed by atoms with E-state index >= 15 is 0 Å². The predicted octanol–water partition coefficient (Wildman–Crippen LogP) is 0.757. The molecule has 3 aliphatic rings. The highest BCUT2D eigenvalue weighted by molar-refractivity contribution is 5.86. The molecule has 2 aliphatic heterocycles. The van der Waals surface area contributed by atoms with Crippen LogP contribution >= 0.6 is 0 Å². The monoisotopic (exact) mass is 323 g/mol. The Morgan fingerprint density at radius 2 is 1.83 bits per heavy atom. The number of carbonyl (C=O) groups excluding carboxylic acids is 2. The molecule has 3 rings (SSSR count). The second kappa shape index (κ2) is 6.77. The van der Waals surface area contributed by atoms with Crippen molar-refractivity contribution in [2.24, 2.45) is 0 Å². The van der Waals surface area contributed by atoms with Gasteiger partial charge >= 0.3 is 0 Å². The average Bonchev–Trinajstić information content (AvgIpc) is 3.17. The van der Waals surface area contributed by atoms with E-state index in [1.54, 1.807) is 7.11 Å². The van der Waals surface area contributed by atoms with E-state index in [4.69, 9.17) is 4.74 Å². The minimum absolute atomic E-state index is 0.0526. The van der Waals surface area contributed by atoms with E-state index in [1.807, 2.05) is 11.9 Å². The molecule has 1 saturated carbocycles. The van der Waals surface area contributed by atoms with Crippen LogP contribution in [0.1, 0.15) is 44.9 Å². The molecule has 0 bridgehead atoms. The summed E-state index contributed by atoms with van der Waals surface area (Å²) in [6.45, 7) is 2.63. The van der Waals surface area contributed by atoms with Crippen molar-refractivity contribution in [1.29, 1.82) is 0 Å². The molecule has 2 amide bonds. The first-order valence-electron chi connectivity index (χ1n) is 8.91. The summed E-state index contributed by atoms with van der Waals surface area (Å²) in [5.74, 6) is 0.310. The van der Waals surface area contributed by atoms with Gasteiger partial charge in [-0.1, -0.05) is 0 Å². The van der Waals surface area contributed by atoms with Crippen LogP contribution in [0.15, 0.2) is 0 Å². The van der Waals surface area contributed by atoms with E-state index in [0.29, 0.717) is 0 Å². The lowest BCUT2D eigenvalue weighted by Crippen LogP contribution is -2.54. The van der Waals surface area contributed by atoms with Crippen molar-refractivity contribution in [3.63, 3.8) is 0 Å². The van der Waals surface area contributed by atoms with Crippen LogP contribution in [0.4, 0.5) is 0 Å². The molecule has 1 N–H and O–H groups in total. The van der Waals surface area contributed by atoms with Gasteiger partial charge in [-0.2, -0.15) is 0 Å². The van der Waals surface area contributed by atoms with E-state index < -0.39 is 5.60 Å². The molecule has 2 heterocycles. The fourth-order valence-corrected chi connectivity index (χ4v) is 4.29. The highest BCUT2D eigenvalue weighted by Gasteiger charge is 2.42. The lowest BCUT2D eigenvalue weighted by Gasteiger charge is -2.36. The Balaban J connectivity index is 1.49. The molecule has 2 saturated heterocycles. The summed E-state index contributed by atoms with van der Waals surface area (Å²) < 4.78 is 5.56. The quantitative estimate of drug-likeness (QED) is 0.830. The van der Waals surface area contributed by atoms with Crippen molar-refractivity contribution in [3.8, 4) is 0 Å². The van der Waals surface area contributed by atoms with Crippen LogP contribution in [0.3, 0.4) is 0 Å². The molecule has 1 unspecified atom stereocenters. The number of likely N-dealkylation sites (tertiary alicyclic amines) is 2. The minimum Gasteiger partial charge on any atom is -0.368 e. The van der Waals surface area contributed by atoms with Crippen LogP contribution in [0.5, 0.6) is 0 Å². The van der Waals surface area contributed by atoms with E-state index in [-0.39, 0.29) is 23.9 Å². The van der Waals surface area contributed by atoms with Gasteiger partial charge in [0.25, 0.3) is 5.91 Å². The van der Waals surface area contributed by atoms with Crippen molar-refractivity contribution < 1.29 is 14.3 Å². The SMILES string of the molecule is COC1(C(=O)NC2CCN(C3CCN(C)C3=O)CC2)CCCC1. The molecule has 1 atom stereocenters. The Morgan fingerprint density at radius 1 is 1.17 bits per heavy atom. The fourth-order valence-electron chi connectivity index (χ4n) is 4.29. The van der Waals surface area contributed by atoms with Crippen LogP contribution in [0.25, 0.3) is 0 Å². The standard InChI is InChI=1S/C17H29N3O3/c1-19-10-7-14(15(19)21)20-11-5-13(6-12-20)18-16(22)17(23-2)8-3-4-9-17/h13-14H,3-12H2,1-2H3,(H,18,22). The molecule has 0 aromatic rings. The second-order valence-corrected chi connectivity index (χ2v) is 7.25. The number of likely N-dealkylation sites (N-methyl/N-ethyl adjacent to an activating group) is 1. The van der Waals surface area contributed by atoms with E-state index in [9.17, 15) is 9.59 Å². The Kier molecular flexibility index (Phi) is 4.92. The summed E-state index contributed by atoms with van der Waals surface area (Å²) in [6.07, 6.45) is 6.55. The van der Waals surface area contributed by atoms with Gasteiger partial charge in [-0.15, -0.1) is 0 Å². The van der Waals surface area contributed by atoms with E-state index in [1.165, 1.54) is 0 Å². The third kappa shape index (κ3) is 3.24.